The molecule has 0 spiro atoms. The highest BCUT2D eigenvalue weighted by Gasteiger charge is 2.25. The van der Waals surface area contributed by atoms with Gasteiger partial charge in [-0.15, -0.1) is 0 Å². The number of rotatable bonds is 4. The van der Waals surface area contributed by atoms with E-state index in [0.29, 0.717) is 0 Å². The van der Waals surface area contributed by atoms with Crippen LogP contribution in [0.1, 0.15) is 10.4 Å². The summed E-state index contributed by atoms with van der Waals surface area (Å²) in [4.78, 5) is 38.1. The van der Waals surface area contributed by atoms with Gasteiger partial charge in [-0.25, -0.2) is 9.78 Å². The van der Waals surface area contributed by atoms with Gasteiger partial charge in [-0.05, 0) is 6.07 Å². The molecule has 0 aliphatic rings. The van der Waals surface area contributed by atoms with Crippen molar-refractivity contribution in [3.8, 4) is 11.6 Å². The SMILES string of the molecule is O=C(O)c1c(Oc2cc(=O)[nH]cn2)cccc1[N+](=O)[O-]. The summed E-state index contributed by atoms with van der Waals surface area (Å²) in [6.07, 6.45) is 1.06. The predicted molar refractivity (Wildman–Crippen MR) is 65.0 cm³/mol. The zero-order valence-electron chi connectivity index (χ0n) is 9.77. The zero-order chi connectivity index (χ0) is 14.7. The normalized spacial score (nSPS) is 10.0. The van der Waals surface area contributed by atoms with Gasteiger partial charge in [-0.2, -0.15) is 0 Å². The van der Waals surface area contributed by atoms with E-state index in [1.54, 1.807) is 0 Å². The standard InChI is InChI=1S/C11H7N3O6/c15-8-4-9(13-5-12-8)20-7-3-1-2-6(14(18)19)10(7)11(16)17/h1-5H,(H,16,17)(H,12,13,15). The van der Waals surface area contributed by atoms with Crippen LogP contribution in [-0.2, 0) is 0 Å². The quantitative estimate of drug-likeness (QED) is 0.632. The predicted octanol–water partition coefficient (Wildman–Crippen LogP) is 1.17. The Morgan fingerprint density at radius 2 is 2.20 bits per heavy atom. The van der Waals surface area contributed by atoms with Crippen molar-refractivity contribution in [3.05, 3.63) is 56.6 Å². The minimum Gasteiger partial charge on any atom is -0.477 e. The highest BCUT2D eigenvalue weighted by atomic mass is 16.6. The molecule has 2 aromatic rings. The largest absolute Gasteiger partial charge is 0.477 e. The minimum absolute atomic E-state index is 0.170. The van der Waals surface area contributed by atoms with Crippen molar-refractivity contribution in [2.45, 2.75) is 0 Å². The van der Waals surface area contributed by atoms with Crippen LogP contribution in [0.4, 0.5) is 5.69 Å². The van der Waals surface area contributed by atoms with Crippen LogP contribution in [0.3, 0.4) is 0 Å². The number of nitrogens with zero attached hydrogens (tertiary/aromatic N) is 2. The molecule has 0 bridgehead atoms. The van der Waals surface area contributed by atoms with E-state index >= 15 is 0 Å². The Labute approximate surface area is 110 Å². The molecule has 20 heavy (non-hydrogen) atoms. The fourth-order valence-electron chi connectivity index (χ4n) is 1.49. The molecule has 0 aliphatic carbocycles. The van der Waals surface area contributed by atoms with Gasteiger partial charge in [0.2, 0.25) is 5.88 Å². The number of hydrogen-bond acceptors (Lipinski definition) is 6. The van der Waals surface area contributed by atoms with E-state index in [4.69, 9.17) is 9.84 Å². The van der Waals surface area contributed by atoms with Crippen LogP contribution in [0.5, 0.6) is 11.6 Å². The van der Waals surface area contributed by atoms with E-state index in [9.17, 15) is 19.7 Å². The molecule has 102 valence electrons. The highest BCUT2D eigenvalue weighted by Crippen LogP contribution is 2.30. The molecule has 2 N–H and O–H groups in total. The zero-order valence-corrected chi connectivity index (χ0v) is 9.77. The first-order valence-corrected chi connectivity index (χ1v) is 5.22. The minimum atomic E-state index is -1.52. The molecule has 0 saturated heterocycles. The number of nitro groups is 1. The summed E-state index contributed by atoms with van der Waals surface area (Å²) in [5.41, 5.74) is -1.73. The number of carboxylic acids is 1. The second-order valence-electron chi connectivity index (χ2n) is 3.56. The summed E-state index contributed by atoms with van der Waals surface area (Å²) < 4.78 is 5.13. The Morgan fingerprint density at radius 3 is 2.80 bits per heavy atom. The molecule has 1 aromatic heterocycles. The van der Waals surface area contributed by atoms with E-state index in [0.717, 1.165) is 18.5 Å². The average Bonchev–Trinajstić information content (AvgIpc) is 2.38. The number of nitro benzene ring substituents is 1. The second-order valence-corrected chi connectivity index (χ2v) is 3.56. The van der Waals surface area contributed by atoms with Gasteiger partial charge in [-0.1, -0.05) is 6.07 Å². The van der Waals surface area contributed by atoms with Crippen molar-refractivity contribution in [2.75, 3.05) is 0 Å². The van der Waals surface area contributed by atoms with Crippen LogP contribution >= 0.6 is 0 Å². The van der Waals surface area contributed by atoms with Crippen LogP contribution in [0.2, 0.25) is 0 Å². The summed E-state index contributed by atoms with van der Waals surface area (Å²) in [5.74, 6) is -1.96. The van der Waals surface area contributed by atoms with Crippen molar-refractivity contribution in [1.82, 2.24) is 9.97 Å². The van der Waals surface area contributed by atoms with Crippen LogP contribution in [0.25, 0.3) is 0 Å². The first kappa shape index (κ1) is 13.2. The lowest BCUT2D eigenvalue weighted by Gasteiger charge is -2.07. The molecule has 9 heteroatoms. The number of nitrogens with one attached hydrogen (secondary N) is 1. The lowest BCUT2D eigenvalue weighted by atomic mass is 10.1. The fraction of sp³-hybridized carbons (Fsp3) is 0. The highest BCUT2D eigenvalue weighted by molar-refractivity contribution is 5.95. The number of benzene rings is 1. The van der Waals surface area contributed by atoms with Gasteiger partial charge >= 0.3 is 5.97 Å². The third-order valence-electron chi connectivity index (χ3n) is 2.28. The number of ether oxygens (including phenoxy) is 1. The van der Waals surface area contributed by atoms with E-state index in [2.05, 4.69) is 9.97 Å². The molecule has 0 unspecified atom stereocenters. The topological polar surface area (TPSA) is 135 Å². The number of H-pyrrole nitrogens is 1. The van der Waals surface area contributed by atoms with Crippen LogP contribution in [-0.4, -0.2) is 26.0 Å². The van der Waals surface area contributed by atoms with Crippen molar-refractivity contribution < 1.29 is 19.6 Å². The summed E-state index contributed by atoms with van der Waals surface area (Å²) in [7, 11) is 0. The van der Waals surface area contributed by atoms with Crippen molar-refractivity contribution in [2.24, 2.45) is 0 Å². The number of aromatic amines is 1. The van der Waals surface area contributed by atoms with Crippen LogP contribution in [0.15, 0.2) is 35.4 Å². The van der Waals surface area contributed by atoms with Crippen molar-refractivity contribution in [3.63, 3.8) is 0 Å². The average molecular weight is 277 g/mol. The summed E-state index contributed by atoms with van der Waals surface area (Å²) in [5, 5.41) is 19.9. The Hall–Kier alpha value is -3.23. The molecule has 0 saturated carbocycles. The van der Waals surface area contributed by atoms with E-state index < -0.39 is 27.7 Å². The molecule has 0 aliphatic heterocycles. The van der Waals surface area contributed by atoms with Gasteiger partial charge in [0.1, 0.15) is 0 Å². The third kappa shape index (κ3) is 2.61. The maximum absolute atomic E-state index is 11.1. The molecule has 1 aromatic carbocycles. The molecule has 9 nitrogen and oxygen atoms in total. The molecular weight excluding hydrogens is 270 g/mol. The van der Waals surface area contributed by atoms with Crippen LogP contribution < -0.4 is 10.3 Å². The molecular formula is C11H7N3O6. The van der Waals surface area contributed by atoms with Gasteiger partial charge in [-0.3, -0.25) is 14.9 Å². The molecule has 1 heterocycles. The number of aromatic carboxylic acids is 1. The Balaban J connectivity index is 2.51. The van der Waals surface area contributed by atoms with Crippen LogP contribution in [0, 0.1) is 10.1 Å². The fourth-order valence-corrected chi connectivity index (χ4v) is 1.49. The first-order valence-electron chi connectivity index (χ1n) is 5.22. The number of carboxylic acid groups (broad SMARTS) is 1. The Morgan fingerprint density at radius 1 is 1.45 bits per heavy atom. The third-order valence-corrected chi connectivity index (χ3v) is 2.28. The van der Waals surface area contributed by atoms with E-state index in [1.807, 2.05) is 0 Å². The van der Waals surface area contributed by atoms with E-state index in [1.165, 1.54) is 12.1 Å². The molecule has 0 atom stereocenters. The smallest absolute Gasteiger partial charge is 0.346 e. The lowest BCUT2D eigenvalue weighted by molar-refractivity contribution is -0.385. The summed E-state index contributed by atoms with van der Waals surface area (Å²) in [6.45, 7) is 0. The summed E-state index contributed by atoms with van der Waals surface area (Å²) >= 11 is 0. The first-order chi connectivity index (χ1) is 9.49. The molecule has 2 rings (SSSR count). The monoisotopic (exact) mass is 277 g/mol. The van der Waals surface area contributed by atoms with Gasteiger partial charge in [0, 0.05) is 6.07 Å². The van der Waals surface area contributed by atoms with Gasteiger partial charge < -0.3 is 14.8 Å². The number of aromatic nitrogens is 2. The molecule has 0 fully saturated rings. The Bertz CT molecular complexity index is 739. The van der Waals surface area contributed by atoms with Gasteiger partial charge in [0.05, 0.1) is 17.3 Å². The summed E-state index contributed by atoms with van der Waals surface area (Å²) in [6, 6.07) is 4.54. The maximum atomic E-state index is 11.1. The van der Waals surface area contributed by atoms with Gasteiger partial charge in [0.15, 0.2) is 11.3 Å². The molecule has 0 radical (unpaired) electrons. The maximum Gasteiger partial charge on any atom is 0.346 e. The van der Waals surface area contributed by atoms with Gasteiger partial charge in [0.25, 0.3) is 11.2 Å². The lowest BCUT2D eigenvalue weighted by Crippen LogP contribution is -2.07. The molecule has 0 amide bonds. The number of hydrogen-bond donors (Lipinski definition) is 2. The van der Waals surface area contributed by atoms with Crippen molar-refractivity contribution in [1.29, 1.82) is 0 Å². The Kier molecular flexibility index (Phi) is 3.42. The second kappa shape index (κ2) is 5.18. The van der Waals surface area contributed by atoms with E-state index in [-0.39, 0.29) is 11.6 Å². The number of carbonyl (C=O) groups is 1. The van der Waals surface area contributed by atoms with Crippen molar-refractivity contribution >= 4 is 11.7 Å².